The molecule has 1 aromatic carbocycles. The van der Waals surface area contributed by atoms with E-state index in [0.717, 1.165) is 49.9 Å². The normalized spacial score (nSPS) is 16.1. The predicted octanol–water partition coefficient (Wildman–Crippen LogP) is 2.72. The Kier molecular flexibility index (Phi) is 10.4. The summed E-state index contributed by atoms with van der Waals surface area (Å²) in [6.45, 7) is 6.28. The van der Waals surface area contributed by atoms with Gasteiger partial charge in [-0.3, -0.25) is 4.99 Å². The van der Waals surface area contributed by atoms with Gasteiger partial charge < -0.3 is 24.3 Å². The zero-order valence-electron chi connectivity index (χ0n) is 18.4. The fourth-order valence-electron chi connectivity index (χ4n) is 3.44. The minimum atomic E-state index is -0.363. The smallest absolute Gasteiger partial charge is 0.194 e. The van der Waals surface area contributed by atoms with E-state index in [1.54, 1.807) is 12.4 Å². The molecule has 0 amide bonds. The van der Waals surface area contributed by atoms with Crippen LogP contribution in [0.15, 0.2) is 29.5 Å². The zero-order chi connectivity index (χ0) is 21.3. The van der Waals surface area contributed by atoms with Gasteiger partial charge in [0.25, 0.3) is 0 Å². The second-order valence-electron chi connectivity index (χ2n) is 7.44. The van der Waals surface area contributed by atoms with Gasteiger partial charge in [-0.05, 0) is 24.1 Å². The van der Waals surface area contributed by atoms with Crippen LogP contribution < -0.4 is 10.1 Å². The minimum absolute atomic E-state index is 0. The third kappa shape index (κ3) is 7.30. The lowest BCUT2D eigenvalue weighted by molar-refractivity contribution is 0.187. The molecule has 1 aliphatic heterocycles. The van der Waals surface area contributed by atoms with E-state index in [-0.39, 0.29) is 35.5 Å². The Balaban J connectivity index is 0.00000341. The van der Waals surface area contributed by atoms with Gasteiger partial charge in [0.1, 0.15) is 12.2 Å². The number of guanidine groups is 1. The summed E-state index contributed by atoms with van der Waals surface area (Å²) in [5.74, 6) is 2.07. The Morgan fingerprint density at radius 3 is 2.97 bits per heavy atom. The topological polar surface area (TPSA) is 76.8 Å². The molecule has 1 saturated heterocycles. The van der Waals surface area contributed by atoms with Crippen LogP contribution in [-0.4, -0.2) is 66.1 Å². The van der Waals surface area contributed by atoms with Crippen molar-refractivity contribution < 1.29 is 13.9 Å². The lowest BCUT2D eigenvalue weighted by Gasteiger charge is -2.23. The molecule has 1 N–H and O–H groups in total. The van der Waals surface area contributed by atoms with Gasteiger partial charge in [0, 0.05) is 52.2 Å². The molecular formula is C21H32FIN6O2. The van der Waals surface area contributed by atoms with E-state index >= 15 is 0 Å². The maximum Gasteiger partial charge on any atom is 0.194 e. The van der Waals surface area contributed by atoms with Crippen molar-refractivity contribution in [3.8, 4) is 5.75 Å². The Morgan fingerprint density at radius 2 is 2.29 bits per heavy atom. The van der Waals surface area contributed by atoms with Crippen LogP contribution in [0.4, 0.5) is 4.39 Å². The summed E-state index contributed by atoms with van der Waals surface area (Å²) in [7, 11) is 3.42. The number of aromatic nitrogens is 3. The average molecular weight is 546 g/mol. The predicted molar refractivity (Wildman–Crippen MR) is 128 cm³/mol. The summed E-state index contributed by atoms with van der Waals surface area (Å²) >= 11 is 0. The van der Waals surface area contributed by atoms with Crippen LogP contribution in [-0.2, 0) is 24.2 Å². The molecule has 31 heavy (non-hydrogen) atoms. The molecule has 1 atom stereocenters. The van der Waals surface area contributed by atoms with Crippen LogP contribution in [0.1, 0.15) is 24.7 Å². The maximum atomic E-state index is 14.1. The van der Waals surface area contributed by atoms with Gasteiger partial charge in [-0.1, -0.05) is 13.0 Å². The summed E-state index contributed by atoms with van der Waals surface area (Å²) in [6.07, 6.45) is 3.62. The molecule has 2 aromatic rings. The zero-order valence-corrected chi connectivity index (χ0v) is 20.7. The van der Waals surface area contributed by atoms with Crippen LogP contribution in [0.5, 0.6) is 5.75 Å². The Bertz CT molecular complexity index is 841. The van der Waals surface area contributed by atoms with Gasteiger partial charge >= 0.3 is 0 Å². The SMILES string of the molecule is CCc1nncn1CCNC(=NCC1CCOC1)N(C)Cc1ccc(OC)c(F)c1.I. The second-order valence-corrected chi connectivity index (χ2v) is 7.44. The molecule has 0 spiro atoms. The van der Waals surface area contributed by atoms with Gasteiger partial charge in [0.15, 0.2) is 17.5 Å². The molecule has 172 valence electrons. The summed E-state index contributed by atoms with van der Waals surface area (Å²) < 4.78 is 26.6. The lowest BCUT2D eigenvalue weighted by atomic mass is 10.1. The number of aryl methyl sites for hydroxylation is 1. The average Bonchev–Trinajstić information content (AvgIpc) is 3.42. The molecule has 3 rings (SSSR count). The summed E-state index contributed by atoms with van der Waals surface area (Å²) in [6, 6.07) is 5.02. The molecule has 0 radical (unpaired) electrons. The number of nitrogens with one attached hydrogen (secondary N) is 1. The molecule has 1 aromatic heterocycles. The highest BCUT2D eigenvalue weighted by atomic mass is 127. The van der Waals surface area contributed by atoms with E-state index in [2.05, 4.69) is 22.4 Å². The molecule has 1 aliphatic rings. The van der Waals surface area contributed by atoms with Crippen LogP contribution >= 0.6 is 24.0 Å². The molecule has 1 fully saturated rings. The maximum absolute atomic E-state index is 14.1. The van der Waals surface area contributed by atoms with E-state index in [4.69, 9.17) is 14.5 Å². The number of hydrogen-bond donors (Lipinski definition) is 1. The number of hydrogen-bond acceptors (Lipinski definition) is 5. The highest BCUT2D eigenvalue weighted by Crippen LogP contribution is 2.18. The van der Waals surface area contributed by atoms with Crippen molar-refractivity contribution in [2.75, 3.05) is 40.5 Å². The van der Waals surface area contributed by atoms with E-state index in [0.29, 0.717) is 25.6 Å². The van der Waals surface area contributed by atoms with E-state index in [1.165, 1.54) is 13.2 Å². The van der Waals surface area contributed by atoms with Gasteiger partial charge in [-0.15, -0.1) is 34.2 Å². The highest BCUT2D eigenvalue weighted by Gasteiger charge is 2.16. The molecular weight excluding hydrogens is 514 g/mol. The number of nitrogens with zero attached hydrogens (tertiary/aromatic N) is 5. The monoisotopic (exact) mass is 546 g/mol. The quantitative estimate of drug-likeness (QED) is 0.296. The van der Waals surface area contributed by atoms with Crippen molar-refractivity contribution >= 4 is 29.9 Å². The third-order valence-corrected chi connectivity index (χ3v) is 5.17. The summed E-state index contributed by atoms with van der Waals surface area (Å²) in [5.41, 5.74) is 0.849. The fraction of sp³-hybridized carbons (Fsp3) is 0.571. The first-order valence-corrected chi connectivity index (χ1v) is 10.4. The van der Waals surface area contributed by atoms with Crippen molar-refractivity contribution in [3.05, 3.63) is 41.7 Å². The summed E-state index contributed by atoms with van der Waals surface area (Å²) in [4.78, 5) is 6.82. The van der Waals surface area contributed by atoms with Gasteiger partial charge in [0.05, 0.1) is 13.7 Å². The minimum Gasteiger partial charge on any atom is -0.494 e. The molecule has 2 heterocycles. The number of methoxy groups -OCH3 is 1. The second kappa shape index (κ2) is 12.8. The number of aliphatic imine (C=N–C) groups is 1. The first kappa shape index (κ1) is 25.3. The highest BCUT2D eigenvalue weighted by molar-refractivity contribution is 14.0. The lowest BCUT2D eigenvalue weighted by Crippen LogP contribution is -2.40. The van der Waals surface area contributed by atoms with Crippen LogP contribution in [0.25, 0.3) is 0 Å². The molecule has 8 nitrogen and oxygen atoms in total. The largest absolute Gasteiger partial charge is 0.494 e. The molecule has 0 aliphatic carbocycles. The van der Waals surface area contributed by atoms with Crippen molar-refractivity contribution in [1.82, 2.24) is 25.0 Å². The molecule has 10 heteroatoms. The van der Waals surface area contributed by atoms with Crippen molar-refractivity contribution in [2.24, 2.45) is 10.9 Å². The Hall–Kier alpha value is -1.95. The van der Waals surface area contributed by atoms with E-state index in [1.807, 2.05) is 22.6 Å². The van der Waals surface area contributed by atoms with Gasteiger partial charge in [-0.2, -0.15) is 0 Å². The van der Waals surface area contributed by atoms with E-state index < -0.39 is 0 Å². The summed E-state index contributed by atoms with van der Waals surface area (Å²) in [5, 5.41) is 11.5. The van der Waals surface area contributed by atoms with Gasteiger partial charge in [-0.25, -0.2) is 4.39 Å². The molecule has 1 unspecified atom stereocenters. The van der Waals surface area contributed by atoms with Crippen molar-refractivity contribution in [2.45, 2.75) is 32.9 Å². The van der Waals surface area contributed by atoms with Gasteiger partial charge in [0.2, 0.25) is 0 Å². The standard InChI is InChI=1S/C21H31FN6O2.HI/c1-4-20-26-25-15-28(20)9-8-23-21(24-12-17-7-10-30-14-17)27(2)13-16-5-6-19(29-3)18(22)11-16;/h5-6,11,15,17H,4,7-10,12-14H2,1-3H3,(H,23,24);1H. The van der Waals surface area contributed by atoms with Crippen LogP contribution in [0.3, 0.4) is 0 Å². The Labute approximate surface area is 200 Å². The van der Waals surface area contributed by atoms with Crippen molar-refractivity contribution in [1.29, 1.82) is 0 Å². The number of halogens is 2. The Morgan fingerprint density at radius 1 is 1.45 bits per heavy atom. The first-order valence-electron chi connectivity index (χ1n) is 10.4. The van der Waals surface area contributed by atoms with Crippen LogP contribution in [0.2, 0.25) is 0 Å². The molecule has 0 saturated carbocycles. The number of ether oxygens (including phenoxy) is 2. The molecule has 0 bridgehead atoms. The third-order valence-electron chi connectivity index (χ3n) is 5.17. The fourth-order valence-corrected chi connectivity index (χ4v) is 3.44. The number of rotatable bonds is 9. The van der Waals surface area contributed by atoms with Crippen molar-refractivity contribution in [3.63, 3.8) is 0 Å². The van der Waals surface area contributed by atoms with E-state index in [9.17, 15) is 4.39 Å². The first-order chi connectivity index (χ1) is 14.6. The van der Waals surface area contributed by atoms with Crippen LogP contribution in [0, 0.1) is 11.7 Å². The number of benzene rings is 1.